The SMILES string of the molecule is Cc1c(CN(C)C(=O)c2ccc(COc3ccc(F)cc3Cl)o2)cnn1C. The maximum absolute atomic E-state index is 13.1. The molecule has 0 N–H and O–H groups in total. The minimum atomic E-state index is -0.440. The number of hydrogen-bond acceptors (Lipinski definition) is 4. The highest BCUT2D eigenvalue weighted by atomic mass is 35.5. The number of halogens is 2. The van der Waals surface area contributed by atoms with Crippen molar-refractivity contribution in [2.45, 2.75) is 20.1 Å². The number of hydrogen-bond donors (Lipinski definition) is 0. The van der Waals surface area contributed by atoms with Crippen LogP contribution in [0, 0.1) is 12.7 Å². The Labute approximate surface area is 161 Å². The minimum absolute atomic E-state index is 0.0735. The molecule has 0 aliphatic heterocycles. The van der Waals surface area contributed by atoms with E-state index in [1.807, 2.05) is 14.0 Å². The minimum Gasteiger partial charge on any atom is -0.484 e. The average Bonchev–Trinajstić information content (AvgIpc) is 3.22. The Morgan fingerprint density at radius 2 is 2.15 bits per heavy atom. The van der Waals surface area contributed by atoms with Crippen LogP contribution in [-0.2, 0) is 20.2 Å². The molecule has 0 saturated carbocycles. The summed E-state index contributed by atoms with van der Waals surface area (Å²) in [4.78, 5) is 14.1. The van der Waals surface area contributed by atoms with E-state index in [9.17, 15) is 9.18 Å². The van der Waals surface area contributed by atoms with Gasteiger partial charge >= 0.3 is 0 Å². The number of amides is 1. The molecule has 3 aromatic rings. The Morgan fingerprint density at radius 3 is 2.81 bits per heavy atom. The number of furan rings is 1. The molecule has 0 spiro atoms. The van der Waals surface area contributed by atoms with Crippen LogP contribution in [0.25, 0.3) is 0 Å². The van der Waals surface area contributed by atoms with Gasteiger partial charge in [-0.05, 0) is 37.3 Å². The van der Waals surface area contributed by atoms with E-state index in [0.717, 1.165) is 11.3 Å². The quantitative estimate of drug-likeness (QED) is 0.638. The zero-order valence-electron chi connectivity index (χ0n) is 15.2. The molecule has 0 fully saturated rings. The van der Waals surface area contributed by atoms with Crippen molar-refractivity contribution in [1.82, 2.24) is 14.7 Å². The van der Waals surface area contributed by atoms with Gasteiger partial charge in [-0.3, -0.25) is 9.48 Å². The molecule has 0 aliphatic carbocycles. The Kier molecular flexibility index (Phi) is 5.51. The van der Waals surface area contributed by atoms with E-state index < -0.39 is 5.82 Å². The van der Waals surface area contributed by atoms with Crippen LogP contribution >= 0.6 is 11.6 Å². The highest BCUT2D eigenvalue weighted by Crippen LogP contribution is 2.26. The summed E-state index contributed by atoms with van der Waals surface area (Å²) in [7, 11) is 3.55. The van der Waals surface area contributed by atoms with Crippen molar-refractivity contribution in [3.63, 3.8) is 0 Å². The van der Waals surface area contributed by atoms with Crippen LogP contribution in [0.5, 0.6) is 5.75 Å². The molecule has 27 heavy (non-hydrogen) atoms. The van der Waals surface area contributed by atoms with Gasteiger partial charge in [0.25, 0.3) is 5.91 Å². The molecule has 0 saturated heterocycles. The van der Waals surface area contributed by atoms with E-state index in [0.29, 0.717) is 18.1 Å². The van der Waals surface area contributed by atoms with Gasteiger partial charge in [-0.2, -0.15) is 5.10 Å². The van der Waals surface area contributed by atoms with Crippen LogP contribution < -0.4 is 4.74 Å². The maximum Gasteiger partial charge on any atom is 0.289 e. The lowest BCUT2D eigenvalue weighted by molar-refractivity contribution is 0.0749. The number of nitrogens with zero attached hydrogens (tertiary/aromatic N) is 3. The van der Waals surface area contributed by atoms with Crippen LogP contribution in [0.2, 0.25) is 5.02 Å². The lowest BCUT2D eigenvalue weighted by atomic mass is 10.2. The van der Waals surface area contributed by atoms with Crippen molar-refractivity contribution < 1.29 is 18.3 Å². The monoisotopic (exact) mass is 391 g/mol. The Morgan fingerprint density at radius 1 is 1.37 bits per heavy atom. The zero-order valence-corrected chi connectivity index (χ0v) is 16.0. The van der Waals surface area contributed by atoms with E-state index in [4.69, 9.17) is 20.8 Å². The van der Waals surface area contributed by atoms with Crippen molar-refractivity contribution in [2.75, 3.05) is 7.05 Å². The molecule has 2 aromatic heterocycles. The summed E-state index contributed by atoms with van der Waals surface area (Å²) < 4.78 is 25.9. The standard InChI is InChI=1S/C19H19ClFN3O3/c1-12-13(9-22-24(12)3)10-23(2)19(25)18-7-5-15(27-18)11-26-17-6-4-14(21)8-16(17)20/h4-9H,10-11H2,1-3H3. The Bertz CT molecular complexity index is 967. The van der Waals surface area contributed by atoms with Crippen LogP contribution in [0.1, 0.15) is 27.6 Å². The van der Waals surface area contributed by atoms with Crippen molar-refractivity contribution in [3.05, 3.63) is 70.1 Å². The lowest BCUT2D eigenvalue weighted by Gasteiger charge is -2.15. The number of rotatable bonds is 6. The molecule has 1 amide bonds. The second kappa shape index (κ2) is 7.84. The molecule has 2 heterocycles. The first-order valence-corrected chi connectivity index (χ1v) is 8.62. The summed E-state index contributed by atoms with van der Waals surface area (Å²) in [5, 5.41) is 4.35. The van der Waals surface area contributed by atoms with Gasteiger partial charge in [-0.25, -0.2) is 4.39 Å². The molecular formula is C19H19ClFN3O3. The number of carbonyl (C=O) groups is 1. The molecule has 0 radical (unpaired) electrons. The van der Waals surface area contributed by atoms with Gasteiger partial charge in [0.05, 0.1) is 11.2 Å². The van der Waals surface area contributed by atoms with Crippen molar-refractivity contribution >= 4 is 17.5 Å². The summed E-state index contributed by atoms with van der Waals surface area (Å²) in [5.74, 6) is 0.327. The predicted molar refractivity (Wildman–Crippen MR) is 98.2 cm³/mol. The van der Waals surface area contributed by atoms with Gasteiger partial charge in [-0.15, -0.1) is 0 Å². The molecule has 0 unspecified atom stereocenters. The second-order valence-electron chi connectivity index (χ2n) is 6.17. The average molecular weight is 392 g/mol. The fourth-order valence-electron chi connectivity index (χ4n) is 2.53. The summed E-state index contributed by atoms with van der Waals surface area (Å²) in [5.41, 5.74) is 1.97. The number of aryl methyl sites for hydroxylation is 1. The fourth-order valence-corrected chi connectivity index (χ4v) is 2.75. The fraction of sp³-hybridized carbons (Fsp3) is 0.263. The Balaban J connectivity index is 1.62. The van der Waals surface area contributed by atoms with Gasteiger partial charge in [0.15, 0.2) is 5.76 Å². The van der Waals surface area contributed by atoms with E-state index in [2.05, 4.69) is 5.10 Å². The van der Waals surface area contributed by atoms with Crippen LogP contribution in [0.4, 0.5) is 4.39 Å². The smallest absolute Gasteiger partial charge is 0.289 e. The van der Waals surface area contributed by atoms with Crippen LogP contribution in [0.3, 0.4) is 0 Å². The van der Waals surface area contributed by atoms with Gasteiger partial charge in [-0.1, -0.05) is 11.6 Å². The second-order valence-corrected chi connectivity index (χ2v) is 6.58. The van der Waals surface area contributed by atoms with Crippen molar-refractivity contribution in [3.8, 4) is 5.75 Å². The normalized spacial score (nSPS) is 10.9. The first-order chi connectivity index (χ1) is 12.8. The van der Waals surface area contributed by atoms with Crippen LogP contribution in [-0.4, -0.2) is 27.6 Å². The van der Waals surface area contributed by atoms with Gasteiger partial charge < -0.3 is 14.1 Å². The van der Waals surface area contributed by atoms with Gasteiger partial charge in [0.1, 0.15) is 23.9 Å². The third-order valence-electron chi connectivity index (χ3n) is 4.23. The zero-order chi connectivity index (χ0) is 19.6. The van der Waals surface area contributed by atoms with Crippen molar-refractivity contribution in [1.29, 1.82) is 0 Å². The molecule has 0 atom stereocenters. The molecule has 3 rings (SSSR count). The van der Waals surface area contributed by atoms with Gasteiger partial charge in [0.2, 0.25) is 0 Å². The predicted octanol–water partition coefficient (Wildman–Crippen LogP) is 3.97. The summed E-state index contributed by atoms with van der Waals surface area (Å²) in [6.45, 7) is 2.45. The van der Waals surface area contributed by atoms with E-state index in [-0.39, 0.29) is 23.3 Å². The lowest BCUT2D eigenvalue weighted by Crippen LogP contribution is -2.26. The summed E-state index contributed by atoms with van der Waals surface area (Å²) >= 11 is 5.92. The first kappa shape index (κ1) is 19.0. The van der Waals surface area contributed by atoms with Crippen LogP contribution in [0.15, 0.2) is 40.9 Å². The highest BCUT2D eigenvalue weighted by molar-refractivity contribution is 6.32. The first-order valence-electron chi connectivity index (χ1n) is 8.24. The third-order valence-corrected chi connectivity index (χ3v) is 4.52. The molecule has 0 aliphatic rings. The van der Waals surface area contributed by atoms with E-state index in [1.165, 1.54) is 18.2 Å². The third kappa shape index (κ3) is 4.31. The number of carbonyl (C=O) groups excluding carboxylic acids is 1. The largest absolute Gasteiger partial charge is 0.484 e. The maximum atomic E-state index is 13.1. The molecular weight excluding hydrogens is 373 g/mol. The summed E-state index contributed by atoms with van der Waals surface area (Å²) in [6.07, 6.45) is 1.74. The van der Waals surface area contributed by atoms with E-state index in [1.54, 1.807) is 35.0 Å². The molecule has 142 valence electrons. The number of ether oxygens (including phenoxy) is 1. The number of aromatic nitrogens is 2. The van der Waals surface area contributed by atoms with Gasteiger partial charge in [0, 0.05) is 31.9 Å². The molecule has 0 bridgehead atoms. The highest BCUT2D eigenvalue weighted by Gasteiger charge is 2.18. The van der Waals surface area contributed by atoms with E-state index >= 15 is 0 Å². The Hall–Kier alpha value is -2.80. The number of benzene rings is 1. The van der Waals surface area contributed by atoms with Crippen molar-refractivity contribution in [2.24, 2.45) is 7.05 Å². The topological polar surface area (TPSA) is 60.5 Å². The molecule has 6 nitrogen and oxygen atoms in total. The molecule has 8 heteroatoms. The molecule has 1 aromatic carbocycles. The summed E-state index contributed by atoms with van der Waals surface area (Å²) in [6, 6.07) is 7.13.